The van der Waals surface area contributed by atoms with Crippen LogP contribution >= 0.6 is 0 Å². The highest BCUT2D eigenvalue weighted by molar-refractivity contribution is 6.37. The molecule has 0 radical (unpaired) electrons. The van der Waals surface area contributed by atoms with Gasteiger partial charge in [0, 0.05) is 6.54 Å². The Bertz CT molecular complexity index is 455. The molecular formula is C14H22N2O5. The van der Waals surface area contributed by atoms with Crippen molar-refractivity contribution in [3.63, 3.8) is 0 Å². The molecule has 2 rings (SSSR count). The average molecular weight is 298 g/mol. The molecule has 0 N–H and O–H groups in total. The number of rotatable bonds is 2. The van der Waals surface area contributed by atoms with E-state index in [-0.39, 0.29) is 18.1 Å². The van der Waals surface area contributed by atoms with Gasteiger partial charge in [-0.3, -0.25) is 0 Å². The van der Waals surface area contributed by atoms with E-state index in [4.69, 9.17) is 14.3 Å². The highest BCUT2D eigenvalue weighted by atomic mass is 16.7. The molecule has 1 amide bonds. The van der Waals surface area contributed by atoms with Crippen LogP contribution in [0.2, 0.25) is 0 Å². The third kappa shape index (κ3) is 3.65. The first-order valence-electron chi connectivity index (χ1n) is 7.20. The van der Waals surface area contributed by atoms with E-state index in [0.717, 1.165) is 0 Å². The number of amides is 1. The lowest BCUT2D eigenvalue weighted by Crippen LogP contribution is -2.49. The van der Waals surface area contributed by atoms with Gasteiger partial charge in [0.25, 0.3) is 0 Å². The van der Waals surface area contributed by atoms with Gasteiger partial charge in [0.2, 0.25) is 0 Å². The Morgan fingerprint density at radius 1 is 1.43 bits per heavy atom. The molecule has 0 aromatic carbocycles. The van der Waals surface area contributed by atoms with E-state index in [1.54, 1.807) is 11.8 Å². The molecule has 2 aliphatic heterocycles. The van der Waals surface area contributed by atoms with Gasteiger partial charge in [-0.1, -0.05) is 5.16 Å². The molecule has 7 heteroatoms. The fraction of sp³-hybridized carbons (Fsp3) is 0.786. The monoisotopic (exact) mass is 298 g/mol. The van der Waals surface area contributed by atoms with E-state index in [1.165, 1.54) is 0 Å². The van der Waals surface area contributed by atoms with Crippen LogP contribution in [0, 0.1) is 5.92 Å². The average Bonchev–Trinajstić information content (AvgIpc) is 2.79. The molecule has 0 bridgehead atoms. The summed E-state index contributed by atoms with van der Waals surface area (Å²) in [7, 11) is 0. The van der Waals surface area contributed by atoms with Crippen LogP contribution in [0.5, 0.6) is 0 Å². The number of oxime groups is 1. The lowest BCUT2D eigenvalue weighted by atomic mass is 9.90. The fourth-order valence-corrected chi connectivity index (χ4v) is 2.41. The van der Waals surface area contributed by atoms with Crippen LogP contribution in [0.1, 0.15) is 34.1 Å². The maximum Gasteiger partial charge on any atom is 0.410 e. The Morgan fingerprint density at radius 2 is 2.14 bits per heavy atom. The summed E-state index contributed by atoms with van der Waals surface area (Å²) in [6.07, 6.45) is -0.0542. The molecule has 0 aromatic heterocycles. The van der Waals surface area contributed by atoms with Crippen molar-refractivity contribution in [1.29, 1.82) is 0 Å². The van der Waals surface area contributed by atoms with E-state index < -0.39 is 11.6 Å². The second-order valence-corrected chi connectivity index (χ2v) is 6.16. The van der Waals surface area contributed by atoms with E-state index in [1.807, 2.05) is 20.8 Å². The highest BCUT2D eigenvalue weighted by Gasteiger charge is 2.44. The minimum absolute atomic E-state index is 0.109. The smallest absolute Gasteiger partial charge is 0.410 e. The molecule has 0 saturated carbocycles. The first-order chi connectivity index (χ1) is 9.81. The Hall–Kier alpha value is -1.79. The zero-order valence-corrected chi connectivity index (χ0v) is 12.9. The Balaban J connectivity index is 1.93. The molecule has 118 valence electrons. The van der Waals surface area contributed by atoms with Gasteiger partial charge in [0.15, 0.2) is 11.8 Å². The lowest BCUT2D eigenvalue weighted by Gasteiger charge is -2.34. The maximum absolute atomic E-state index is 12.0. The first kappa shape index (κ1) is 15.6. The number of nitrogens with zero attached hydrogens (tertiary/aromatic N) is 2. The van der Waals surface area contributed by atoms with Gasteiger partial charge in [-0.25, -0.2) is 9.59 Å². The van der Waals surface area contributed by atoms with Crippen LogP contribution in [0.15, 0.2) is 5.16 Å². The van der Waals surface area contributed by atoms with Gasteiger partial charge in [0.1, 0.15) is 5.60 Å². The van der Waals surface area contributed by atoms with Gasteiger partial charge in [-0.05, 0) is 34.1 Å². The zero-order chi connectivity index (χ0) is 15.6. The summed E-state index contributed by atoms with van der Waals surface area (Å²) in [5.74, 6) is -0.543. The largest absolute Gasteiger partial charge is 0.461 e. The summed E-state index contributed by atoms with van der Waals surface area (Å²) < 4.78 is 10.3. The van der Waals surface area contributed by atoms with E-state index in [9.17, 15) is 9.59 Å². The van der Waals surface area contributed by atoms with Crippen molar-refractivity contribution in [3.05, 3.63) is 0 Å². The maximum atomic E-state index is 12.0. The van der Waals surface area contributed by atoms with Crippen molar-refractivity contribution in [2.24, 2.45) is 11.1 Å². The Labute approximate surface area is 124 Å². The molecule has 1 fully saturated rings. The van der Waals surface area contributed by atoms with Crippen molar-refractivity contribution < 1.29 is 23.9 Å². The summed E-state index contributed by atoms with van der Waals surface area (Å²) in [6.45, 7) is 8.41. The van der Waals surface area contributed by atoms with Crippen LogP contribution in [-0.4, -0.2) is 54.1 Å². The molecule has 0 aromatic rings. The van der Waals surface area contributed by atoms with E-state index >= 15 is 0 Å². The number of carbonyl (C=O) groups excluding carboxylic acids is 2. The van der Waals surface area contributed by atoms with Gasteiger partial charge >= 0.3 is 12.1 Å². The molecule has 0 spiro atoms. The van der Waals surface area contributed by atoms with Gasteiger partial charge in [-0.2, -0.15) is 0 Å². The third-order valence-electron chi connectivity index (χ3n) is 3.33. The Morgan fingerprint density at radius 3 is 2.76 bits per heavy atom. The number of hydrogen-bond acceptors (Lipinski definition) is 6. The summed E-state index contributed by atoms with van der Waals surface area (Å²) in [6, 6.07) is 0. The third-order valence-corrected chi connectivity index (χ3v) is 3.33. The molecule has 2 atom stereocenters. The molecule has 1 saturated heterocycles. The molecule has 0 aliphatic carbocycles. The van der Waals surface area contributed by atoms with Crippen molar-refractivity contribution >= 4 is 17.8 Å². The lowest BCUT2D eigenvalue weighted by molar-refractivity contribution is -0.135. The van der Waals surface area contributed by atoms with Crippen molar-refractivity contribution in [2.75, 3.05) is 19.7 Å². The van der Waals surface area contributed by atoms with E-state index in [2.05, 4.69) is 5.16 Å². The normalized spacial score (nSPS) is 24.8. The molecule has 2 aliphatic rings. The predicted molar refractivity (Wildman–Crippen MR) is 74.9 cm³/mol. The van der Waals surface area contributed by atoms with Crippen LogP contribution in [0.3, 0.4) is 0 Å². The van der Waals surface area contributed by atoms with Crippen molar-refractivity contribution in [1.82, 2.24) is 4.90 Å². The van der Waals surface area contributed by atoms with Gasteiger partial charge in [-0.15, -0.1) is 0 Å². The quantitative estimate of drug-likeness (QED) is 0.723. The molecule has 7 nitrogen and oxygen atoms in total. The Kier molecular flexibility index (Phi) is 4.39. The number of ether oxygens (including phenoxy) is 2. The summed E-state index contributed by atoms with van der Waals surface area (Å²) in [5.41, 5.74) is -0.206. The predicted octanol–water partition coefficient (Wildman–Crippen LogP) is 1.56. The van der Waals surface area contributed by atoms with E-state index in [0.29, 0.717) is 31.8 Å². The highest BCUT2D eigenvalue weighted by Crippen LogP contribution is 2.28. The minimum Gasteiger partial charge on any atom is -0.461 e. The fourth-order valence-electron chi connectivity index (χ4n) is 2.41. The SMILES string of the molecule is CCOC(=O)C1=NO[C@H]2CN(C(=O)OC(C)(C)C)CC[C@@H]12. The summed E-state index contributed by atoms with van der Waals surface area (Å²) >= 11 is 0. The van der Waals surface area contributed by atoms with Crippen LogP contribution < -0.4 is 0 Å². The summed E-state index contributed by atoms with van der Waals surface area (Å²) in [4.78, 5) is 30.7. The first-order valence-corrected chi connectivity index (χ1v) is 7.20. The minimum atomic E-state index is -0.531. The molecule has 0 unspecified atom stereocenters. The second-order valence-electron chi connectivity index (χ2n) is 6.16. The number of esters is 1. The molecular weight excluding hydrogens is 276 g/mol. The second kappa shape index (κ2) is 5.91. The van der Waals surface area contributed by atoms with Crippen molar-refractivity contribution in [2.45, 2.75) is 45.8 Å². The topological polar surface area (TPSA) is 77.4 Å². The number of carbonyl (C=O) groups is 2. The van der Waals surface area contributed by atoms with Gasteiger partial charge < -0.3 is 19.2 Å². The standard InChI is InChI=1S/C14H22N2O5/c1-5-19-12(17)11-9-6-7-16(8-10(9)21-15-11)13(18)20-14(2,3)4/h9-10H,5-8H2,1-4H3/t9-,10+/m1/s1. The summed E-state index contributed by atoms with van der Waals surface area (Å²) in [5, 5.41) is 3.83. The molecule has 21 heavy (non-hydrogen) atoms. The number of hydrogen-bond donors (Lipinski definition) is 0. The van der Waals surface area contributed by atoms with Gasteiger partial charge in [0.05, 0.1) is 19.1 Å². The number of likely N-dealkylation sites (tertiary alicyclic amines) is 1. The zero-order valence-electron chi connectivity index (χ0n) is 12.9. The van der Waals surface area contributed by atoms with Crippen LogP contribution in [-0.2, 0) is 19.1 Å². The number of piperidine rings is 1. The van der Waals surface area contributed by atoms with Crippen LogP contribution in [0.25, 0.3) is 0 Å². The molecule has 2 heterocycles. The van der Waals surface area contributed by atoms with Crippen LogP contribution in [0.4, 0.5) is 4.79 Å². The number of fused-ring (bicyclic) bond motifs is 1. The van der Waals surface area contributed by atoms with Crippen molar-refractivity contribution in [3.8, 4) is 0 Å².